The molecule has 2 N–H and O–H groups in total. The third-order valence-electron chi connectivity index (χ3n) is 1.81. The van der Waals surface area contributed by atoms with Crippen LogP contribution in [0.1, 0.15) is 12.0 Å². The van der Waals surface area contributed by atoms with Gasteiger partial charge >= 0.3 is 5.97 Å². The van der Waals surface area contributed by atoms with Gasteiger partial charge in [0.05, 0.1) is 13.5 Å². The number of carboxylic acid groups (broad SMARTS) is 1. The van der Waals surface area contributed by atoms with Crippen LogP contribution in [0.3, 0.4) is 0 Å². The molecular formula is C11H12O4. The summed E-state index contributed by atoms with van der Waals surface area (Å²) >= 11 is 0. The lowest BCUT2D eigenvalue weighted by Gasteiger charge is -2.02. The number of phenols is 1. The van der Waals surface area contributed by atoms with Crippen molar-refractivity contribution in [2.45, 2.75) is 6.42 Å². The minimum Gasteiger partial charge on any atom is -0.504 e. The van der Waals surface area contributed by atoms with Gasteiger partial charge in [-0.05, 0) is 17.7 Å². The third-order valence-corrected chi connectivity index (χ3v) is 1.81. The maximum absolute atomic E-state index is 10.2. The van der Waals surface area contributed by atoms with Crippen molar-refractivity contribution in [2.24, 2.45) is 0 Å². The quantitative estimate of drug-likeness (QED) is 0.792. The largest absolute Gasteiger partial charge is 0.504 e. The average molecular weight is 208 g/mol. The van der Waals surface area contributed by atoms with E-state index in [2.05, 4.69) is 0 Å². The van der Waals surface area contributed by atoms with E-state index in [0.29, 0.717) is 5.75 Å². The maximum Gasteiger partial charge on any atom is 0.307 e. The average Bonchev–Trinajstić information content (AvgIpc) is 2.17. The topological polar surface area (TPSA) is 66.8 Å². The van der Waals surface area contributed by atoms with E-state index >= 15 is 0 Å². The molecular weight excluding hydrogens is 196 g/mol. The molecule has 4 heteroatoms. The highest BCUT2D eigenvalue weighted by molar-refractivity contribution is 5.70. The number of hydrogen-bond donors (Lipinski definition) is 2. The summed E-state index contributed by atoms with van der Waals surface area (Å²) in [5.41, 5.74) is 0.731. The van der Waals surface area contributed by atoms with Gasteiger partial charge in [-0.15, -0.1) is 0 Å². The Hall–Kier alpha value is -1.97. The van der Waals surface area contributed by atoms with Crippen molar-refractivity contribution in [3.05, 3.63) is 29.8 Å². The highest BCUT2D eigenvalue weighted by atomic mass is 16.5. The molecule has 1 aromatic carbocycles. The van der Waals surface area contributed by atoms with E-state index in [4.69, 9.17) is 9.84 Å². The molecule has 0 aliphatic carbocycles. The van der Waals surface area contributed by atoms with E-state index in [0.717, 1.165) is 5.56 Å². The zero-order valence-electron chi connectivity index (χ0n) is 8.30. The Morgan fingerprint density at radius 2 is 2.27 bits per heavy atom. The van der Waals surface area contributed by atoms with Gasteiger partial charge in [0, 0.05) is 0 Å². The van der Waals surface area contributed by atoms with Crippen molar-refractivity contribution in [1.29, 1.82) is 0 Å². The summed E-state index contributed by atoms with van der Waals surface area (Å²) in [5.74, 6) is -0.454. The zero-order valence-corrected chi connectivity index (χ0v) is 8.30. The van der Waals surface area contributed by atoms with E-state index in [1.807, 2.05) is 0 Å². The molecule has 1 rings (SSSR count). The van der Waals surface area contributed by atoms with Crippen LogP contribution in [0.15, 0.2) is 24.3 Å². The molecule has 80 valence electrons. The molecule has 0 spiro atoms. The SMILES string of the molecule is COc1ccc(/C=C/CC(=O)O)cc1O. The molecule has 0 amide bonds. The number of benzene rings is 1. The molecule has 0 bridgehead atoms. The van der Waals surface area contributed by atoms with Gasteiger partial charge in [0.15, 0.2) is 11.5 Å². The highest BCUT2D eigenvalue weighted by Crippen LogP contribution is 2.26. The Morgan fingerprint density at radius 1 is 1.53 bits per heavy atom. The molecule has 0 fully saturated rings. The van der Waals surface area contributed by atoms with Crippen molar-refractivity contribution in [3.8, 4) is 11.5 Å². The van der Waals surface area contributed by atoms with Crippen molar-refractivity contribution >= 4 is 12.0 Å². The first-order valence-corrected chi connectivity index (χ1v) is 4.39. The smallest absolute Gasteiger partial charge is 0.307 e. The van der Waals surface area contributed by atoms with E-state index in [9.17, 15) is 9.90 Å². The standard InChI is InChI=1S/C11H12O4/c1-15-10-6-5-8(7-9(10)12)3-2-4-11(13)14/h2-3,5-7,12H,4H2,1H3,(H,13,14)/b3-2+. The van der Waals surface area contributed by atoms with Crippen molar-refractivity contribution < 1.29 is 19.7 Å². The normalized spacial score (nSPS) is 10.5. The van der Waals surface area contributed by atoms with Gasteiger partial charge in [0.2, 0.25) is 0 Å². The van der Waals surface area contributed by atoms with Gasteiger partial charge in [0.25, 0.3) is 0 Å². The van der Waals surface area contributed by atoms with Gasteiger partial charge in [0.1, 0.15) is 0 Å². The number of hydrogen-bond acceptors (Lipinski definition) is 3. The molecule has 0 aliphatic heterocycles. The number of carbonyl (C=O) groups is 1. The molecule has 0 saturated carbocycles. The van der Waals surface area contributed by atoms with E-state index < -0.39 is 5.97 Å². The predicted octanol–water partition coefficient (Wildman–Crippen LogP) is 1.89. The number of phenolic OH excluding ortho intramolecular Hbond substituents is 1. The van der Waals surface area contributed by atoms with Crippen molar-refractivity contribution in [1.82, 2.24) is 0 Å². The van der Waals surface area contributed by atoms with Crippen LogP contribution >= 0.6 is 0 Å². The molecule has 0 radical (unpaired) electrons. The zero-order chi connectivity index (χ0) is 11.3. The fourth-order valence-corrected chi connectivity index (χ4v) is 1.11. The van der Waals surface area contributed by atoms with Crippen LogP contribution in [-0.4, -0.2) is 23.3 Å². The molecule has 0 heterocycles. The summed E-state index contributed by atoms with van der Waals surface area (Å²) in [4.78, 5) is 10.2. The monoisotopic (exact) mass is 208 g/mol. The highest BCUT2D eigenvalue weighted by Gasteiger charge is 2.00. The maximum atomic E-state index is 10.2. The van der Waals surface area contributed by atoms with Gasteiger partial charge in [-0.1, -0.05) is 18.2 Å². The first kappa shape index (κ1) is 11.1. The number of aliphatic carboxylic acids is 1. The van der Waals surface area contributed by atoms with Gasteiger partial charge in [-0.2, -0.15) is 0 Å². The second-order valence-electron chi connectivity index (χ2n) is 2.93. The van der Waals surface area contributed by atoms with Crippen LogP contribution in [0.25, 0.3) is 6.08 Å². The molecule has 0 aliphatic rings. The fraction of sp³-hybridized carbons (Fsp3) is 0.182. The summed E-state index contributed by atoms with van der Waals surface area (Å²) in [7, 11) is 1.47. The van der Waals surface area contributed by atoms with E-state index in [1.165, 1.54) is 19.3 Å². The summed E-state index contributed by atoms with van der Waals surface area (Å²) in [5, 5.41) is 17.8. The van der Waals surface area contributed by atoms with Gasteiger partial charge in [-0.25, -0.2) is 0 Å². The molecule has 1 aromatic rings. The molecule has 15 heavy (non-hydrogen) atoms. The lowest BCUT2D eigenvalue weighted by Crippen LogP contribution is -1.89. The second kappa shape index (κ2) is 5.05. The second-order valence-corrected chi connectivity index (χ2v) is 2.93. The van der Waals surface area contributed by atoms with Crippen LogP contribution in [0.4, 0.5) is 0 Å². The first-order chi connectivity index (χ1) is 7.13. The minimum absolute atomic E-state index is 0.0349. The summed E-state index contributed by atoms with van der Waals surface area (Å²) in [6.45, 7) is 0. The minimum atomic E-state index is -0.885. The number of ether oxygens (including phenoxy) is 1. The molecule has 0 aromatic heterocycles. The Kier molecular flexibility index (Phi) is 3.74. The molecule has 0 atom stereocenters. The Balaban J connectivity index is 2.75. The number of carboxylic acids is 1. The van der Waals surface area contributed by atoms with Gasteiger partial charge in [-0.3, -0.25) is 4.79 Å². The Morgan fingerprint density at radius 3 is 2.80 bits per heavy atom. The molecule has 4 nitrogen and oxygen atoms in total. The first-order valence-electron chi connectivity index (χ1n) is 4.39. The van der Waals surface area contributed by atoms with Crippen LogP contribution in [-0.2, 0) is 4.79 Å². The van der Waals surface area contributed by atoms with Crippen LogP contribution in [0.5, 0.6) is 11.5 Å². The number of rotatable bonds is 4. The molecule has 0 saturated heterocycles. The predicted molar refractivity (Wildman–Crippen MR) is 55.9 cm³/mol. The van der Waals surface area contributed by atoms with Crippen LogP contribution in [0.2, 0.25) is 0 Å². The number of methoxy groups -OCH3 is 1. The molecule has 0 unspecified atom stereocenters. The van der Waals surface area contributed by atoms with E-state index in [-0.39, 0.29) is 12.2 Å². The van der Waals surface area contributed by atoms with Crippen molar-refractivity contribution in [2.75, 3.05) is 7.11 Å². The Labute approximate surface area is 87.4 Å². The fourth-order valence-electron chi connectivity index (χ4n) is 1.11. The van der Waals surface area contributed by atoms with Crippen LogP contribution in [0, 0.1) is 0 Å². The van der Waals surface area contributed by atoms with Crippen molar-refractivity contribution in [3.63, 3.8) is 0 Å². The Bertz CT molecular complexity index is 382. The summed E-state index contributed by atoms with van der Waals surface area (Å²) in [6.07, 6.45) is 3.11. The third kappa shape index (κ3) is 3.34. The summed E-state index contributed by atoms with van der Waals surface area (Å²) in [6, 6.07) is 4.86. The lowest BCUT2D eigenvalue weighted by atomic mass is 10.2. The number of aromatic hydroxyl groups is 1. The lowest BCUT2D eigenvalue weighted by molar-refractivity contribution is -0.135. The van der Waals surface area contributed by atoms with E-state index in [1.54, 1.807) is 18.2 Å². The van der Waals surface area contributed by atoms with Gasteiger partial charge < -0.3 is 14.9 Å². The summed E-state index contributed by atoms with van der Waals surface area (Å²) < 4.78 is 4.87. The van der Waals surface area contributed by atoms with Crippen LogP contribution < -0.4 is 4.74 Å².